The lowest BCUT2D eigenvalue weighted by Gasteiger charge is -2.11. The lowest BCUT2D eigenvalue weighted by Crippen LogP contribution is -2.04. The Morgan fingerprint density at radius 3 is 2.69 bits per heavy atom. The summed E-state index contributed by atoms with van der Waals surface area (Å²) in [6.45, 7) is 3.20. The summed E-state index contributed by atoms with van der Waals surface area (Å²) in [6.07, 6.45) is 0.915. The van der Waals surface area contributed by atoms with Crippen molar-refractivity contribution < 1.29 is 9.47 Å². The Hall–Kier alpha value is -0.250. The van der Waals surface area contributed by atoms with Crippen LogP contribution in [0.3, 0.4) is 0 Å². The number of rotatable bonds is 6. The average Bonchev–Trinajstić information content (AvgIpc) is 2.30. The largest absolute Gasteiger partial charge is 0.490 e. The van der Waals surface area contributed by atoms with Crippen LogP contribution in [0.15, 0.2) is 22.7 Å². The molecule has 0 N–H and O–H groups in total. The molecule has 1 rings (SSSR count). The molecule has 0 aliphatic rings. The lowest BCUT2D eigenvalue weighted by atomic mass is 10.1. The normalized spacial score (nSPS) is 12.5. The van der Waals surface area contributed by atoms with Crippen molar-refractivity contribution >= 4 is 27.5 Å². The summed E-state index contributed by atoms with van der Waals surface area (Å²) >= 11 is 9.63. The zero-order chi connectivity index (χ0) is 12.0. The summed E-state index contributed by atoms with van der Waals surface area (Å²) in [5, 5.41) is 0.0596. The van der Waals surface area contributed by atoms with Crippen LogP contribution in [-0.2, 0) is 4.74 Å². The topological polar surface area (TPSA) is 18.5 Å². The summed E-state index contributed by atoms with van der Waals surface area (Å²) in [5.74, 6) is 0.820. The Morgan fingerprint density at radius 2 is 2.12 bits per heavy atom. The zero-order valence-corrected chi connectivity index (χ0v) is 11.8. The Bertz CT molecular complexity index is 331. The van der Waals surface area contributed by atoms with Gasteiger partial charge >= 0.3 is 0 Å². The first-order valence-electron chi connectivity index (χ1n) is 5.24. The van der Waals surface area contributed by atoms with E-state index in [1.54, 1.807) is 7.11 Å². The van der Waals surface area contributed by atoms with E-state index in [-0.39, 0.29) is 5.38 Å². The molecular formula is C12H16BrClO2. The highest BCUT2D eigenvalue weighted by molar-refractivity contribution is 9.10. The van der Waals surface area contributed by atoms with Crippen molar-refractivity contribution in [2.45, 2.75) is 18.7 Å². The third kappa shape index (κ3) is 3.96. The highest BCUT2D eigenvalue weighted by Crippen LogP contribution is 2.31. The predicted molar refractivity (Wildman–Crippen MR) is 70.4 cm³/mol. The number of alkyl halides is 1. The molecule has 1 aromatic rings. The minimum atomic E-state index is 0.0596. The third-order valence-corrected chi connectivity index (χ3v) is 3.40. The number of halogens is 2. The van der Waals surface area contributed by atoms with E-state index in [4.69, 9.17) is 21.1 Å². The molecule has 0 saturated heterocycles. The molecule has 1 unspecified atom stereocenters. The number of hydrogen-bond acceptors (Lipinski definition) is 2. The molecule has 0 saturated carbocycles. The van der Waals surface area contributed by atoms with E-state index in [0.717, 1.165) is 22.2 Å². The van der Waals surface area contributed by atoms with Gasteiger partial charge < -0.3 is 9.47 Å². The van der Waals surface area contributed by atoms with Gasteiger partial charge in [0.25, 0.3) is 0 Å². The summed E-state index contributed by atoms with van der Waals surface area (Å²) in [7, 11) is 1.65. The Balaban J connectivity index is 2.67. The van der Waals surface area contributed by atoms with E-state index in [0.29, 0.717) is 13.2 Å². The molecule has 0 heterocycles. The van der Waals surface area contributed by atoms with Crippen LogP contribution in [0, 0.1) is 0 Å². The van der Waals surface area contributed by atoms with Crippen molar-refractivity contribution in [1.29, 1.82) is 0 Å². The maximum Gasteiger partial charge on any atom is 0.133 e. The van der Waals surface area contributed by atoms with Crippen molar-refractivity contribution in [1.82, 2.24) is 0 Å². The SMILES string of the molecule is CCC(Cl)c1ccc(OCCOC)c(Br)c1. The van der Waals surface area contributed by atoms with Gasteiger partial charge in [0.2, 0.25) is 0 Å². The molecule has 1 atom stereocenters. The Kier molecular flexibility index (Phi) is 6.17. The van der Waals surface area contributed by atoms with Crippen LogP contribution in [0.2, 0.25) is 0 Å². The van der Waals surface area contributed by atoms with Gasteiger partial charge in [-0.3, -0.25) is 0 Å². The fourth-order valence-electron chi connectivity index (χ4n) is 1.30. The molecule has 1 aromatic carbocycles. The predicted octanol–water partition coefficient (Wildman–Crippen LogP) is 4.16. The zero-order valence-electron chi connectivity index (χ0n) is 9.50. The standard InChI is InChI=1S/C12H16BrClO2/c1-3-11(14)9-4-5-12(10(13)8-9)16-7-6-15-2/h4-5,8,11H,3,6-7H2,1-2H3. The smallest absolute Gasteiger partial charge is 0.133 e. The molecule has 0 aliphatic carbocycles. The van der Waals surface area contributed by atoms with Gasteiger partial charge in [0.15, 0.2) is 0 Å². The summed E-state index contributed by atoms with van der Waals surface area (Å²) in [6, 6.07) is 5.93. The number of methoxy groups -OCH3 is 1. The molecule has 0 aromatic heterocycles. The second kappa shape index (κ2) is 7.15. The second-order valence-corrected chi connectivity index (χ2v) is 4.79. The molecule has 16 heavy (non-hydrogen) atoms. The van der Waals surface area contributed by atoms with Gasteiger partial charge in [-0.05, 0) is 40.0 Å². The molecule has 0 spiro atoms. The first kappa shape index (κ1) is 13.8. The maximum atomic E-state index is 6.16. The fraction of sp³-hybridized carbons (Fsp3) is 0.500. The van der Waals surface area contributed by atoms with Crippen molar-refractivity contribution in [2.24, 2.45) is 0 Å². The Morgan fingerprint density at radius 1 is 1.38 bits per heavy atom. The molecule has 4 heteroatoms. The maximum absolute atomic E-state index is 6.16. The summed E-state index contributed by atoms with van der Waals surface area (Å²) in [4.78, 5) is 0. The highest BCUT2D eigenvalue weighted by Gasteiger charge is 2.08. The van der Waals surface area contributed by atoms with Crippen LogP contribution in [0.25, 0.3) is 0 Å². The van der Waals surface area contributed by atoms with E-state index in [2.05, 4.69) is 22.9 Å². The van der Waals surface area contributed by atoms with Gasteiger partial charge in [-0.15, -0.1) is 11.6 Å². The van der Waals surface area contributed by atoms with Crippen LogP contribution >= 0.6 is 27.5 Å². The molecule has 0 fully saturated rings. The summed E-state index contributed by atoms with van der Waals surface area (Å²) < 4.78 is 11.4. The first-order valence-corrected chi connectivity index (χ1v) is 6.47. The molecule has 90 valence electrons. The van der Waals surface area contributed by atoms with Crippen molar-refractivity contribution in [3.63, 3.8) is 0 Å². The number of hydrogen-bond donors (Lipinski definition) is 0. The quantitative estimate of drug-likeness (QED) is 0.580. The van der Waals surface area contributed by atoms with Gasteiger partial charge in [0.05, 0.1) is 16.5 Å². The minimum absolute atomic E-state index is 0.0596. The van der Waals surface area contributed by atoms with Gasteiger partial charge in [-0.1, -0.05) is 13.0 Å². The number of ether oxygens (including phenoxy) is 2. The van der Waals surface area contributed by atoms with Crippen LogP contribution in [-0.4, -0.2) is 20.3 Å². The summed E-state index contributed by atoms with van der Waals surface area (Å²) in [5.41, 5.74) is 1.11. The van der Waals surface area contributed by atoms with Crippen LogP contribution in [0.4, 0.5) is 0 Å². The van der Waals surface area contributed by atoms with E-state index in [9.17, 15) is 0 Å². The lowest BCUT2D eigenvalue weighted by molar-refractivity contribution is 0.146. The third-order valence-electron chi connectivity index (χ3n) is 2.22. The Labute approximate surface area is 110 Å². The van der Waals surface area contributed by atoms with Gasteiger partial charge in [-0.2, -0.15) is 0 Å². The van der Waals surface area contributed by atoms with E-state index < -0.39 is 0 Å². The first-order chi connectivity index (χ1) is 7.69. The monoisotopic (exact) mass is 306 g/mol. The van der Waals surface area contributed by atoms with Crippen LogP contribution in [0.5, 0.6) is 5.75 Å². The van der Waals surface area contributed by atoms with Crippen molar-refractivity contribution in [3.8, 4) is 5.75 Å². The van der Waals surface area contributed by atoms with E-state index in [1.165, 1.54) is 0 Å². The van der Waals surface area contributed by atoms with Crippen molar-refractivity contribution in [3.05, 3.63) is 28.2 Å². The van der Waals surface area contributed by atoms with E-state index in [1.807, 2.05) is 18.2 Å². The van der Waals surface area contributed by atoms with Gasteiger partial charge in [0, 0.05) is 7.11 Å². The highest BCUT2D eigenvalue weighted by atomic mass is 79.9. The molecule has 0 radical (unpaired) electrons. The van der Waals surface area contributed by atoms with Gasteiger partial charge in [-0.25, -0.2) is 0 Å². The van der Waals surface area contributed by atoms with Crippen LogP contribution < -0.4 is 4.74 Å². The minimum Gasteiger partial charge on any atom is -0.490 e. The van der Waals surface area contributed by atoms with Crippen molar-refractivity contribution in [2.75, 3.05) is 20.3 Å². The molecule has 0 aliphatic heterocycles. The number of benzene rings is 1. The molecule has 2 nitrogen and oxygen atoms in total. The second-order valence-electron chi connectivity index (χ2n) is 3.41. The molecular weight excluding hydrogens is 291 g/mol. The van der Waals surface area contributed by atoms with Gasteiger partial charge in [0.1, 0.15) is 12.4 Å². The average molecular weight is 308 g/mol. The van der Waals surface area contributed by atoms with E-state index >= 15 is 0 Å². The van der Waals surface area contributed by atoms with Crippen LogP contribution in [0.1, 0.15) is 24.3 Å². The molecule has 0 amide bonds. The fourth-order valence-corrected chi connectivity index (χ4v) is 1.95. The molecule has 0 bridgehead atoms.